The molecule has 8 heteroatoms. The summed E-state index contributed by atoms with van der Waals surface area (Å²) in [6.07, 6.45) is 0. The number of benzene rings is 1. The standard InChI is InChI=1S/C19H18N2O6/c1-4-26-19(25)15-10(2)14(11(3)20-15)18(24)27-9-21-16(22)12-7-5-6-8-13(12)17(21)23/h5-8,20H,4,9H2,1-3H3. The van der Waals surface area contributed by atoms with E-state index >= 15 is 0 Å². The first-order valence-corrected chi connectivity index (χ1v) is 8.35. The molecule has 27 heavy (non-hydrogen) atoms. The first-order valence-electron chi connectivity index (χ1n) is 8.35. The van der Waals surface area contributed by atoms with Gasteiger partial charge in [0.1, 0.15) is 5.69 Å². The van der Waals surface area contributed by atoms with Crippen molar-refractivity contribution in [1.29, 1.82) is 0 Å². The fourth-order valence-electron chi connectivity index (χ4n) is 3.02. The van der Waals surface area contributed by atoms with Crippen LogP contribution in [0.5, 0.6) is 0 Å². The van der Waals surface area contributed by atoms with Gasteiger partial charge >= 0.3 is 11.9 Å². The molecule has 1 aliphatic rings. The molecule has 1 aliphatic heterocycles. The Bertz CT molecular complexity index is 924. The lowest BCUT2D eigenvalue weighted by Gasteiger charge is -2.14. The number of rotatable bonds is 5. The Morgan fingerprint density at radius 3 is 2.15 bits per heavy atom. The third-order valence-corrected chi connectivity index (χ3v) is 4.32. The minimum Gasteiger partial charge on any atom is -0.461 e. The second-order valence-corrected chi connectivity index (χ2v) is 5.99. The Balaban J connectivity index is 1.75. The minimum atomic E-state index is -0.742. The number of aromatic amines is 1. The number of nitrogens with zero attached hydrogens (tertiary/aromatic N) is 1. The third kappa shape index (κ3) is 3.10. The summed E-state index contributed by atoms with van der Waals surface area (Å²) in [5, 5.41) is 0. The second-order valence-electron chi connectivity index (χ2n) is 5.99. The zero-order valence-electron chi connectivity index (χ0n) is 15.1. The van der Waals surface area contributed by atoms with Gasteiger partial charge < -0.3 is 14.5 Å². The largest absolute Gasteiger partial charge is 0.461 e. The van der Waals surface area contributed by atoms with Crippen LogP contribution in [0.4, 0.5) is 0 Å². The molecule has 0 atom stereocenters. The van der Waals surface area contributed by atoms with Crippen LogP contribution in [0, 0.1) is 13.8 Å². The molecule has 8 nitrogen and oxygen atoms in total. The van der Waals surface area contributed by atoms with Crippen molar-refractivity contribution in [2.45, 2.75) is 20.8 Å². The van der Waals surface area contributed by atoms with E-state index in [9.17, 15) is 19.2 Å². The van der Waals surface area contributed by atoms with E-state index in [0.717, 1.165) is 4.90 Å². The molecule has 2 heterocycles. The first-order chi connectivity index (χ1) is 12.9. The number of aryl methyl sites for hydroxylation is 1. The van der Waals surface area contributed by atoms with Crippen molar-refractivity contribution in [2.75, 3.05) is 13.3 Å². The fourth-order valence-corrected chi connectivity index (χ4v) is 3.02. The van der Waals surface area contributed by atoms with Crippen molar-refractivity contribution >= 4 is 23.8 Å². The number of H-pyrrole nitrogens is 1. The number of hydrogen-bond donors (Lipinski definition) is 1. The number of hydrogen-bond acceptors (Lipinski definition) is 6. The van der Waals surface area contributed by atoms with Gasteiger partial charge in [-0.2, -0.15) is 0 Å². The number of aromatic nitrogens is 1. The van der Waals surface area contributed by atoms with Gasteiger partial charge in [-0.05, 0) is 38.5 Å². The molecular weight excluding hydrogens is 352 g/mol. The highest BCUT2D eigenvalue weighted by atomic mass is 16.5. The third-order valence-electron chi connectivity index (χ3n) is 4.32. The fraction of sp³-hybridized carbons (Fsp3) is 0.263. The van der Waals surface area contributed by atoms with Crippen LogP contribution in [0.25, 0.3) is 0 Å². The molecule has 0 aliphatic carbocycles. The Morgan fingerprint density at radius 2 is 1.59 bits per heavy atom. The van der Waals surface area contributed by atoms with Crippen LogP contribution >= 0.6 is 0 Å². The van der Waals surface area contributed by atoms with Crippen LogP contribution in [0.3, 0.4) is 0 Å². The average molecular weight is 370 g/mol. The Kier molecular flexibility index (Phi) is 4.81. The molecule has 1 aromatic heterocycles. The number of imide groups is 1. The quantitative estimate of drug-likeness (QED) is 0.639. The SMILES string of the molecule is CCOC(=O)c1[nH]c(C)c(C(=O)OCN2C(=O)c3ccccc3C2=O)c1C. The molecule has 0 spiro atoms. The lowest BCUT2D eigenvalue weighted by atomic mass is 10.1. The monoisotopic (exact) mass is 370 g/mol. The highest BCUT2D eigenvalue weighted by Crippen LogP contribution is 2.23. The molecule has 0 unspecified atom stereocenters. The molecule has 1 aromatic carbocycles. The van der Waals surface area contributed by atoms with E-state index in [1.807, 2.05) is 0 Å². The van der Waals surface area contributed by atoms with Crippen molar-refractivity contribution in [3.05, 3.63) is 57.9 Å². The van der Waals surface area contributed by atoms with Gasteiger partial charge in [0, 0.05) is 5.69 Å². The Hall–Kier alpha value is -3.42. The van der Waals surface area contributed by atoms with Crippen LogP contribution in [0.15, 0.2) is 24.3 Å². The molecule has 0 fully saturated rings. The van der Waals surface area contributed by atoms with Crippen LogP contribution in [0.2, 0.25) is 0 Å². The van der Waals surface area contributed by atoms with E-state index in [4.69, 9.17) is 9.47 Å². The van der Waals surface area contributed by atoms with E-state index in [2.05, 4.69) is 4.98 Å². The summed E-state index contributed by atoms with van der Waals surface area (Å²) in [6, 6.07) is 6.40. The van der Waals surface area contributed by atoms with Crippen LogP contribution in [0.1, 0.15) is 59.7 Å². The van der Waals surface area contributed by atoms with E-state index in [1.54, 1.807) is 45.0 Å². The topological polar surface area (TPSA) is 106 Å². The van der Waals surface area contributed by atoms with Crippen molar-refractivity contribution in [3.63, 3.8) is 0 Å². The number of carbonyl (C=O) groups excluding carboxylic acids is 4. The first kappa shape index (κ1) is 18.4. The van der Waals surface area contributed by atoms with Gasteiger partial charge in [-0.15, -0.1) is 0 Å². The van der Waals surface area contributed by atoms with E-state index in [-0.39, 0.29) is 29.0 Å². The van der Waals surface area contributed by atoms with Crippen LogP contribution in [-0.2, 0) is 9.47 Å². The van der Waals surface area contributed by atoms with Crippen molar-refractivity contribution < 1.29 is 28.7 Å². The van der Waals surface area contributed by atoms with Crippen molar-refractivity contribution in [3.8, 4) is 0 Å². The number of ether oxygens (including phenoxy) is 2. The van der Waals surface area contributed by atoms with Gasteiger partial charge in [0.05, 0.1) is 23.3 Å². The number of amides is 2. The lowest BCUT2D eigenvalue weighted by molar-refractivity contribution is 0.0227. The molecule has 0 bridgehead atoms. The van der Waals surface area contributed by atoms with Gasteiger partial charge in [0.2, 0.25) is 0 Å². The predicted octanol–water partition coefficient (Wildman–Crippen LogP) is 2.22. The second kappa shape index (κ2) is 7.06. The Morgan fingerprint density at radius 1 is 1.00 bits per heavy atom. The highest BCUT2D eigenvalue weighted by Gasteiger charge is 2.36. The summed E-state index contributed by atoms with van der Waals surface area (Å²) in [6.45, 7) is 4.59. The van der Waals surface area contributed by atoms with Gasteiger partial charge in [0.25, 0.3) is 11.8 Å². The molecule has 2 aromatic rings. The molecule has 1 N–H and O–H groups in total. The van der Waals surface area contributed by atoms with E-state index in [1.165, 1.54) is 0 Å². The van der Waals surface area contributed by atoms with E-state index in [0.29, 0.717) is 11.3 Å². The molecule has 3 rings (SSSR count). The summed E-state index contributed by atoms with van der Waals surface area (Å²) < 4.78 is 10.1. The predicted molar refractivity (Wildman–Crippen MR) is 93.4 cm³/mol. The maximum absolute atomic E-state index is 12.5. The molecule has 2 amide bonds. The maximum atomic E-state index is 12.5. The average Bonchev–Trinajstić information content (AvgIpc) is 3.08. The number of nitrogens with one attached hydrogen (secondary N) is 1. The maximum Gasteiger partial charge on any atom is 0.355 e. The summed E-state index contributed by atoms with van der Waals surface area (Å²) in [7, 11) is 0. The van der Waals surface area contributed by atoms with Gasteiger partial charge in [-0.1, -0.05) is 12.1 Å². The molecule has 0 saturated heterocycles. The number of fused-ring (bicyclic) bond motifs is 1. The molecule has 0 saturated carbocycles. The summed E-state index contributed by atoms with van der Waals surface area (Å²) in [5.41, 5.74) is 1.72. The summed E-state index contributed by atoms with van der Waals surface area (Å²) >= 11 is 0. The summed E-state index contributed by atoms with van der Waals surface area (Å²) in [5.74, 6) is -2.35. The van der Waals surface area contributed by atoms with Gasteiger partial charge in [0.15, 0.2) is 6.73 Å². The molecular formula is C19H18N2O6. The lowest BCUT2D eigenvalue weighted by Crippen LogP contribution is -2.33. The summed E-state index contributed by atoms with van der Waals surface area (Å²) in [4.78, 5) is 52.7. The van der Waals surface area contributed by atoms with Crippen LogP contribution < -0.4 is 0 Å². The number of carbonyl (C=O) groups is 4. The van der Waals surface area contributed by atoms with Gasteiger partial charge in [-0.25, -0.2) is 14.5 Å². The Labute approximate surface area is 155 Å². The van der Waals surface area contributed by atoms with Crippen LogP contribution in [-0.4, -0.2) is 47.0 Å². The number of esters is 2. The normalized spacial score (nSPS) is 12.9. The van der Waals surface area contributed by atoms with E-state index < -0.39 is 30.5 Å². The highest BCUT2D eigenvalue weighted by molar-refractivity contribution is 6.21. The smallest absolute Gasteiger partial charge is 0.355 e. The minimum absolute atomic E-state index is 0.169. The molecule has 140 valence electrons. The molecule has 0 radical (unpaired) electrons. The van der Waals surface area contributed by atoms with Gasteiger partial charge in [-0.3, -0.25) is 9.59 Å². The zero-order valence-corrected chi connectivity index (χ0v) is 15.1. The van der Waals surface area contributed by atoms with Crippen molar-refractivity contribution in [2.24, 2.45) is 0 Å². The van der Waals surface area contributed by atoms with Crippen molar-refractivity contribution in [1.82, 2.24) is 9.88 Å². The zero-order chi connectivity index (χ0) is 19.7.